The third kappa shape index (κ3) is 2.55. The molecule has 2 unspecified atom stereocenters. The van der Waals surface area contributed by atoms with Crippen LogP contribution in [-0.2, 0) is 16.4 Å². The maximum Gasteiger partial charge on any atom is 0.240 e. The molecule has 2 aliphatic heterocycles. The Morgan fingerprint density at radius 2 is 2.15 bits per heavy atom. The highest BCUT2D eigenvalue weighted by atomic mass is 32.2. The van der Waals surface area contributed by atoms with Gasteiger partial charge in [-0.1, -0.05) is 6.92 Å². The summed E-state index contributed by atoms with van der Waals surface area (Å²) in [7, 11) is -1.44. The van der Waals surface area contributed by atoms with E-state index >= 15 is 0 Å². The van der Waals surface area contributed by atoms with Gasteiger partial charge in [-0.2, -0.15) is 0 Å². The number of nitrogens with one attached hydrogen (secondary N) is 1. The number of hydrogen-bond donors (Lipinski definition) is 1. The maximum absolute atomic E-state index is 12.5. The number of likely N-dealkylation sites (tertiary alicyclic amines) is 1. The van der Waals surface area contributed by atoms with Crippen LogP contribution in [0, 0.1) is 5.92 Å². The normalized spacial score (nSPS) is 26.5. The second-order valence-corrected chi connectivity index (χ2v) is 7.51. The molecular weight excluding hydrogens is 276 g/mol. The molecule has 1 aromatic rings. The lowest BCUT2D eigenvalue weighted by atomic mass is 10.1. The van der Waals surface area contributed by atoms with Crippen molar-refractivity contribution in [2.75, 3.05) is 26.7 Å². The molecule has 0 aliphatic carbocycles. The first-order valence-corrected chi connectivity index (χ1v) is 8.40. The molecule has 0 spiro atoms. The molecule has 1 fully saturated rings. The monoisotopic (exact) mass is 296 g/mol. The van der Waals surface area contributed by atoms with Gasteiger partial charge < -0.3 is 9.64 Å². The molecule has 110 valence electrons. The fraction of sp³-hybridized carbons (Fsp3) is 0.571. The third-order valence-electron chi connectivity index (χ3n) is 4.07. The van der Waals surface area contributed by atoms with Crippen LogP contribution in [0.15, 0.2) is 23.1 Å². The highest BCUT2D eigenvalue weighted by Gasteiger charge is 2.31. The molecule has 1 aromatic carbocycles. The van der Waals surface area contributed by atoms with Crippen LogP contribution >= 0.6 is 0 Å². The van der Waals surface area contributed by atoms with Crippen molar-refractivity contribution in [3.63, 3.8) is 0 Å². The van der Waals surface area contributed by atoms with Gasteiger partial charge in [0.05, 0.1) is 11.5 Å². The Bertz CT molecular complexity index is 615. The van der Waals surface area contributed by atoms with Gasteiger partial charge in [0.2, 0.25) is 10.0 Å². The van der Waals surface area contributed by atoms with Gasteiger partial charge >= 0.3 is 0 Å². The molecule has 2 aliphatic rings. The van der Waals surface area contributed by atoms with E-state index in [1.807, 2.05) is 7.05 Å². The molecule has 2 atom stereocenters. The number of fused-ring (bicyclic) bond motifs is 1. The molecule has 0 radical (unpaired) electrons. The highest BCUT2D eigenvalue weighted by Crippen LogP contribution is 2.28. The van der Waals surface area contributed by atoms with Crippen LogP contribution in [0.2, 0.25) is 0 Å². The first kappa shape index (κ1) is 13.9. The molecule has 0 bridgehead atoms. The predicted molar refractivity (Wildman–Crippen MR) is 76.4 cm³/mol. The van der Waals surface area contributed by atoms with Crippen LogP contribution in [0.4, 0.5) is 0 Å². The van der Waals surface area contributed by atoms with E-state index in [0.29, 0.717) is 17.4 Å². The van der Waals surface area contributed by atoms with Crippen LogP contribution < -0.4 is 9.46 Å². The highest BCUT2D eigenvalue weighted by molar-refractivity contribution is 7.89. The van der Waals surface area contributed by atoms with E-state index in [2.05, 4.69) is 16.5 Å². The largest absolute Gasteiger partial charge is 0.493 e. The molecule has 2 heterocycles. The lowest BCUT2D eigenvalue weighted by Crippen LogP contribution is -2.39. The molecule has 1 N–H and O–H groups in total. The summed E-state index contributed by atoms with van der Waals surface area (Å²) in [6.45, 7) is 4.39. The van der Waals surface area contributed by atoms with Crippen molar-refractivity contribution >= 4 is 10.0 Å². The number of nitrogens with zero attached hydrogens (tertiary/aromatic N) is 1. The minimum Gasteiger partial charge on any atom is -0.493 e. The van der Waals surface area contributed by atoms with Crippen LogP contribution in [0.25, 0.3) is 0 Å². The summed E-state index contributed by atoms with van der Waals surface area (Å²) in [5.74, 6) is 1.13. The van der Waals surface area contributed by atoms with Crippen LogP contribution in [0.1, 0.15) is 12.5 Å². The molecule has 20 heavy (non-hydrogen) atoms. The Kier molecular flexibility index (Phi) is 3.48. The summed E-state index contributed by atoms with van der Waals surface area (Å²) >= 11 is 0. The molecule has 0 saturated carbocycles. The molecule has 5 nitrogen and oxygen atoms in total. The number of hydrogen-bond acceptors (Lipinski definition) is 4. The average molecular weight is 296 g/mol. The second-order valence-electron chi connectivity index (χ2n) is 5.79. The molecule has 6 heteroatoms. The number of sulfonamides is 1. The fourth-order valence-electron chi connectivity index (χ4n) is 2.96. The Labute approximate surface area is 120 Å². The Morgan fingerprint density at radius 3 is 2.85 bits per heavy atom. The molecule has 0 aromatic heterocycles. The Balaban J connectivity index is 1.81. The first-order chi connectivity index (χ1) is 9.45. The maximum atomic E-state index is 12.5. The summed E-state index contributed by atoms with van der Waals surface area (Å²) < 4.78 is 33.2. The zero-order valence-corrected chi connectivity index (χ0v) is 12.6. The van der Waals surface area contributed by atoms with Gasteiger partial charge in [0, 0.05) is 25.6 Å². The van der Waals surface area contributed by atoms with Gasteiger partial charge in [0.1, 0.15) is 5.75 Å². The van der Waals surface area contributed by atoms with Crippen LogP contribution in [0.5, 0.6) is 5.75 Å². The molecule has 3 rings (SSSR count). The van der Waals surface area contributed by atoms with Gasteiger partial charge in [-0.05, 0) is 36.7 Å². The van der Waals surface area contributed by atoms with E-state index in [1.54, 1.807) is 18.2 Å². The Morgan fingerprint density at radius 1 is 1.35 bits per heavy atom. The van der Waals surface area contributed by atoms with Crippen molar-refractivity contribution < 1.29 is 13.2 Å². The number of benzene rings is 1. The number of ether oxygens (including phenoxy) is 1. The van der Waals surface area contributed by atoms with Gasteiger partial charge in [0.15, 0.2) is 0 Å². The van der Waals surface area contributed by atoms with E-state index in [-0.39, 0.29) is 6.04 Å². The summed E-state index contributed by atoms with van der Waals surface area (Å²) in [5, 5.41) is 0. The van der Waals surface area contributed by atoms with Gasteiger partial charge in [-0.3, -0.25) is 0 Å². The fourth-order valence-corrected chi connectivity index (χ4v) is 4.35. The molecule has 0 amide bonds. The molecule has 1 saturated heterocycles. The van der Waals surface area contributed by atoms with Crippen molar-refractivity contribution in [3.05, 3.63) is 23.8 Å². The van der Waals surface area contributed by atoms with Crippen molar-refractivity contribution in [2.45, 2.75) is 24.3 Å². The smallest absolute Gasteiger partial charge is 0.240 e. The van der Waals surface area contributed by atoms with Gasteiger partial charge in [0.25, 0.3) is 0 Å². The summed E-state index contributed by atoms with van der Waals surface area (Å²) in [6.07, 6.45) is 0.779. The predicted octanol–water partition coefficient (Wildman–Crippen LogP) is 0.850. The van der Waals surface area contributed by atoms with Gasteiger partial charge in [-0.25, -0.2) is 13.1 Å². The standard InChI is InChI=1S/C14H20N2O3S/c1-10-8-16(2)9-13(10)15-20(17,18)12-3-4-14-11(7-12)5-6-19-14/h3-4,7,10,13,15H,5-6,8-9H2,1-2H3. The zero-order chi connectivity index (χ0) is 14.3. The minimum atomic E-state index is -3.45. The van der Waals surface area contributed by atoms with Crippen molar-refractivity contribution in [2.24, 2.45) is 5.92 Å². The summed E-state index contributed by atoms with van der Waals surface area (Å²) in [6, 6.07) is 5.08. The third-order valence-corrected chi connectivity index (χ3v) is 5.56. The minimum absolute atomic E-state index is 0.0190. The first-order valence-electron chi connectivity index (χ1n) is 6.92. The van der Waals surface area contributed by atoms with E-state index in [1.165, 1.54) is 0 Å². The van der Waals surface area contributed by atoms with E-state index in [9.17, 15) is 8.42 Å². The summed E-state index contributed by atoms with van der Waals surface area (Å²) in [5.41, 5.74) is 0.976. The quantitative estimate of drug-likeness (QED) is 0.898. The lowest BCUT2D eigenvalue weighted by Gasteiger charge is -2.17. The van der Waals surface area contributed by atoms with Crippen molar-refractivity contribution in [1.82, 2.24) is 9.62 Å². The summed E-state index contributed by atoms with van der Waals surface area (Å²) in [4.78, 5) is 2.48. The van der Waals surface area contributed by atoms with Crippen molar-refractivity contribution in [3.8, 4) is 5.75 Å². The Hall–Kier alpha value is -1.11. The SMILES string of the molecule is CC1CN(C)CC1NS(=O)(=O)c1ccc2c(c1)CCO2. The molecular formula is C14H20N2O3S. The second kappa shape index (κ2) is 5.02. The number of rotatable bonds is 3. The topological polar surface area (TPSA) is 58.6 Å². The van der Waals surface area contributed by atoms with Gasteiger partial charge in [-0.15, -0.1) is 0 Å². The lowest BCUT2D eigenvalue weighted by molar-refractivity contribution is 0.356. The van der Waals surface area contributed by atoms with Crippen molar-refractivity contribution in [1.29, 1.82) is 0 Å². The van der Waals surface area contributed by atoms with E-state index < -0.39 is 10.0 Å². The van der Waals surface area contributed by atoms with E-state index in [0.717, 1.165) is 30.8 Å². The zero-order valence-electron chi connectivity index (χ0n) is 11.8. The van der Waals surface area contributed by atoms with E-state index in [4.69, 9.17) is 4.74 Å². The number of likely N-dealkylation sites (N-methyl/N-ethyl adjacent to an activating group) is 1. The van der Waals surface area contributed by atoms with Crippen LogP contribution in [0.3, 0.4) is 0 Å². The average Bonchev–Trinajstić information content (AvgIpc) is 2.95. The van der Waals surface area contributed by atoms with Crippen LogP contribution in [-0.4, -0.2) is 46.1 Å².